The third kappa shape index (κ3) is 3.97. The molecule has 0 N–H and O–H groups in total. The molecule has 1 unspecified atom stereocenters. The SMILES string of the molecule is CCC(C)c1ccccc1OC(=O)C=Cc1cccc2ccccc12. The van der Waals surface area contributed by atoms with Crippen LogP contribution in [-0.2, 0) is 4.79 Å². The van der Waals surface area contributed by atoms with Crippen LogP contribution < -0.4 is 4.74 Å². The van der Waals surface area contributed by atoms with E-state index in [0.29, 0.717) is 11.7 Å². The maximum Gasteiger partial charge on any atom is 0.336 e. The number of carbonyl (C=O) groups excluding carboxylic acids is 1. The molecule has 0 radical (unpaired) electrons. The van der Waals surface area contributed by atoms with Crippen LogP contribution >= 0.6 is 0 Å². The normalized spacial score (nSPS) is 12.4. The molecule has 3 aromatic carbocycles. The Morgan fingerprint density at radius 3 is 2.56 bits per heavy atom. The maximum atomic E-state index is 12.3. The number of ether oxygens (including phenoxy) is 1. The summed E-state index contributed by atoms with van der Waals surface area (Å²) < 4.78 is 5.58. The average molecular weight is 330 g/mol. The van der Waals surface area contributed by atoms with Crippen molar-refractivity contribution < 1.29 is 9.53 Å². The number of para-hydroxylation sites is 1. The first-order valence-corrected chi connectivity index (χ1v) is 8.65. The van der Waals surface area contributed by atoms with Crippen LogP contribution in [0.15, 0.2) is 72.8 Å². The van der Waals surface area contributed by atoms with Gasteiger partial charge in [-0.1, -0.05) is 74.5 Å². The fourth-order valence-corrected chi connectivity index (χ4v) is 2.90. The number of hydrogen-bond acceptors (Lipinski definition) is 2. The van der Waals surface area contributed by atoms with Gasteiger partial charge in [0.15, 0.2) is 0 Å². The fraction of sp³-hybridized carbons (Fsp3) is 0.174. The molecule has 2 heteroatoms. The van der Waals surface area contributed by atoms with Crippen LogP contribution in [0.4, 0.5) is 0 Å². The number of rotatable bonds is 5. The van der Waals surface area contributed by atoms with Gasteiger partial charge in [0.1, 0.15) is 5.75 Å². The molecule has 0 aliphatic carbocycles. The lowest BCUT2D eigenvalue weighted by molar-refractivity contribution is -0.128. The first kappa shape index (κ1) is 17.0. The van der Waals surface area contributed by atoms with Gasteiger partial charge in [-0.05, 0) is 46.4 Å². The van der Waals surface area contributed by atoms with Gasteiger partial charge < -0.3 is 4.74 Å². The van der Waals surface area contributed by atoms with Gasteiger partial charge in [-0.25, -0.2) is 4.79 Å². The van der Waals surface area contributed by atoms with Crippen molar-refractivity contribution in [2.24, 2.45) is 0 Å². The molecule has 2 nitrogen and oxygen atoms in total. The summed E-state index contributed by atoms with van der Waals surface area (Å²) in [5.74, 6) is 0.638. The lowest BCUT2D eigenvalue weighted by Crippen LogP contribution is -2.07. The summed E-state index contributed by atoms with van der Waals surface area (Å²) in [7, 11) is 0. The van der Waals surface area contributed by atoms with Crippen molar-refractivity contribution in [3.8, 4) is 5.75 Å². The lowest BCUT2D eigenvalue weighted by Gasteiger charge is -2.13. The number of fused-ring (bicyclic) bond motifs is 1. The van der Waals surface area contributed by atoms with Crippen molar-refractivity contribution in [2.45, 2.75) is 26.2 Å². The van der Waals surface area contributed by atoms with Crippen molar-refractivity contribution in [2.75, 3.05) is 0 Å². The monoisotopic (exact) mass is 330 g/mol. The lowest BCUT2D eigenvalue weighted by atomic mass is 9.98. The molecule has 0 saturated carbocycles. The largest absolute Gasteiger partial charge is 0.423 e. The van der Waals surface area contributed by atoms with Gasteiger partial charge in [-0.2, -0.15) is 0 Å². The highest BCUT2D eigenvalue weighted by Gasteiger charge is 2.11. The Kier molecular flexibility index (Phi) is 5.30. The van der Waals surface area contributed by atoms with Crippen molar-refractivity contribution in [3.63, 3.8) is 0 Å². The molecule has 0 fully saturated rings. The Balaban J connectivity index is 1.80. The van der Waals surface area contributed by atoms with E-state index in [0.717, 1.165) is 28.3 Å². The van der Waals surface area contributed by atoms with Gasteiger partial charge in [0, 0.05) is 6.08 Å². The summed E-state index contributed by atoms with van der Waals surface area (Å²) in [4.78, 5) is 12.3. The predicted molar refractivity (Wildman–Crippen MR) is 104 cm³/mol. The number of benzene rings is 3. The Hall–Kier alpha value is -2.87. The molecule has 0 aromatic heterocycles. The maximum absolute atomic E-state index is 12.3. The number of esters is 1. The highest BCUT2D eigenvalue weighted by atomic mass is 16.5. The molecule has 0 aliphatic heterocycles. The van der Waals surface area contributed by atoms with Gasteiger partial charge >= 0.3 is 5.97 Å². The van der Waals surface area contributed by atoms with E-state index >= 15 is 0 Å². The highest BCUT2D eigenvalue weighted by molar-refractivity contribution is 5.95. The summed E-state index contributed by atoms with van der Waals surface area (Å²) in [6.45, 7) is 4.27. The van der Waals surface area contributed by atoms with Crippen LogP contribution in [0.25, 0.3) is 16.8 Å². The summed E-state index contributed by atoms with van der Waals surface area (Å²) in [5, 5.41) is 2.27. The zero-order valence-corrected chi connectivity index (χ0v) is 14.6. The minimum Gasteiger partial charge on any atom is -0.423 e. The van der Waals surface area contributed by atoms with Crippen LogP contribution in [-0.4, -0.2) is 5.97 Å². The Morgan fingerprint density at radius 1 is 1.00 bits per heavy atom. The molecule has 3 aromatic rings. The van der Waals surface area contributed by atoms with E-state index in [1.807, 2.05) is 54.6 Å². The molecular weight excluding hydrogens is 308 g/mol. The molecule has 0 aliphatic rings. The molecular formula is C23H22O2. The Bertz CT molecular complexity index is 903. The fourth-order valence-electron chi connectivity index (χ4n) is 2.90. The second-order valence-electron chi connectivity index (χ2n) is 6.17. The van der Waals surface area contributed by atoms with Crippen LogP contribution in [0.1, 0.15) is 37.3 Å². The zero-order chi connectivity index (χ0) is 17.6. The molecule has 3 rings (SSSR count). The zero-order valence-electron chi connectivity index (χ0n) is 14.6. The Labute approximate surface area is 148 Å². The topological polar surface area (TPSA) is 26.3 Å². The highest BCUT2D eigenvalue weighted by Crippen LogP contribution is 2.28. The molecule has 1 atom stereocenters. The minimum absolute atomic E-state index is 0.353. The molecule has 0 amide bonds. The van der Waals surface area contributed by atoms with E-state index in [-0.39, 0.29) is 5.97 Å². The summed E-state index contributed by atoms with van der Waals surface area (Å²) in [6, 6.07) is 21.9. The summed E-state index contributed by atoms with van der Waals surface area (Å²) in [5.41, 5.74) is 2.07. The summed E-state index contributed by atoms with van der Waals surface area (Å²) in [6.07, 6.45) is 4.31. The second kappa shape index (κ2) is 7.80. The van der Waals surface area contributed by atoms with Crippen molar-refractivity contribution >= 4 is 22.8 Å². The first-order chi connectivity index (χ1) is 12.2. The predicted octanol–water partition coefficient (Wildman–Crippen LogP) is 5.97. The van der Waals surface area contributed by atoms with E-state index in [2.05, 4.69) is 32.0 Å². The molecule has 0 heterocycles. The minimum atomic E-state index is -0.358. The van der Waals surface area contributed by atoms with Crippen LogP contribution in [0, 0.1) is 0 Å². The molecule has 0 bridgehead atoms. The van der Waals surface area contributed by atoms with E-state index in [1.165, 1.54) is 6.08 Å². The summed E-state index contributed by atoms with van der Waals surface area (Å²) >= 11 is 0. The average Bonchev–Trinajstić information content (AvgIpc) is 2.66. The number of hydrogen-bond donors (Lipinski definition) is 0. The third-order valence-corrected chi connectivity index (χ3v) is 4.50. The third-order valence-electron chi connectivity index (χ3n) is 4.50. The van der Waals surface area contributed by atoms with Gasteiger partial charge in [-0.3, -0.25) is 0 Å². The van der Waals surface area contributed by atoms with Crippen LogP contribution in [0.2, 0.25) is 0 Å². The standard InChI is InChI=1S/C23H22O2/c1-3-17(2)20-12-6-7-14-22(20)25-23(24)16-15-19-11-8-10-18-9-4-5-13-21(18)19/h4-17H,3H2,1-2H3. The Morgan fingerprint density at radius 2 is 1.72 bits per heavy atom. The van der Waals surface area contributed by atoms with E-state index in [1.54, 1.807) is 0 Å². The molecule has 25 heavy (non-hydrogen) atoms. The van der Waals surface area contributed by atoms with Gasteiger partial charge in [0.25, 0.3) is 0 Å². The number of carbonyl (C=O) groups is 1. The van der Waals surface area contributed by atoms with Crippen molar-refractivity contribution in [1.82, 2.24) is 0 Å². The van der Waals surface area contributed by atoms with Gasteiger partial charge in [0.05, 0.1) is 0 Å². The van der Waals surface area contributed by atoms with Crippen LogP contribution in [0.3, 0.4) is 0 Å². The van der Waals surface area contributed by atoms with Gasteiger partial charge in [-0.15, -0.1) is 0 Å². The molecule has 126 valence electrons. The van der Waals surface area contributed by atoms with Gasteiger partial charge in [0.2, 0.25) is 0 Å². The smallest absolute Gasteiger partial charge is 0.336 e. The van der Waals surface area contributed by atoms with Crippen molar-refractivity contribution in [3.05, 3.63) is 83.9 Å². The van der Waals surface area contributed by atoms with E-state index < -0.39 is 0 Å². The molecule has 0 spiro atoms. The first-order valence-electron chi connectivity index (χ1n) is 8.65. The van der Waals surface area contributed by atoms with E-state index in [4.69, 9.17) is 4.74 Å². The molecule has 0 saturated heterocycles. The quantitative estimate of drug-likeness (QED) is 0.327. The van der Waals surface area contributed by atoms with E-state index in [9.17, 15) is 4.79 Å². The van der Waals surface area contributed by atoms with Crippen molar-refractivity contribution in [1.29, 1.82) is 0 Å². The van der Waals surface area contributed by atoms with Crippen LogP contribution in [0.5, 0.6) is 5.75 Å². The second-order valence-corrected chi connectivity index (χ2v) is 6.17.